The van der Waals surface area contributed by atoms with Crippen molar-refractivity contribution in [1.29, 1.82) is 0 Å². The lowest BCUT2D eigenvalue weighted by Gasteiger charge is -2.04. The highest BCUT2D eigenvalue weighted by atomic mass is 35.5. The van der Waals surface area contributed by atoms with Gasteiger partial charge in [-0.05, 0) is 30.2 Å². The third-order valence-electron chi connectivity index (χ3n) is 3.37. The Kier molecular flexibility index (Phi) is 4.35. The fourth-order valence-corrected chi connectivity index (χ4v) is 2.40. The molecular weight excluding hydrogens is 294 g/mol. The molecule has 0 saturated carbocycles. The zero-order chi connectivity index (χ0) is 15.4. The number of rotatable bonds is 4. The number of hydrogen-bond donors (Lipinski definition) is 1. The van der Waals surface area contributed by atoms with E-state index in [4.69, 9.17) is 11.6 Å². The molecule has 0 fully saturated rings. The molecule has 0 spiro atoms. The Hall–Kier alpha value is -2.39. The quantitative estimate of drug-likeness (QED) is 0.443. The molecule has 0 amide bonds. The number of aromatic nitrogens is 1. The van der Waals surface area contributed by atoms with Crippen LogP contribution in [0.1, 0.15) is 16.7 Å². The fourth-order valence-electron chi connectivity index (χ4n) is 2.21. The van der Waals surface area contributed by atoms with Gasteiger partial charge < -0.3 is 5.43 Å². The average Bonchev–Trinajstić information content (AvgIpc) is 2.53. The van der Waals surface area contributed by atoms with Crippen molar-refractivity contribution in [3.8, 4) is 0 Å². The number of halogens is 1. The van der Waals surface area contributed by atoms with Gasteiger partial charge in [0.1, 0.15) is 5.15 Å². The SMILES string of the molecule is Cc1ccc2cc(/C=N/NCc3ccccc3)c(Cl)nc2c1. The van der Waals surface area contributed by atoms with Crippen LogP contribution in [0.5, 0.6) is 0 Å². The number of pyridine rings is 1. The van der Waals surface area contributed by atoms with Gasteiger partial charge in [0.15, 0.2) is 0 Å². The summed E-state index contributed by atoms with van der Waals surface area (Å²) in [4.78, 5) is 4.42. The zero-order valence-corrected chi connectivity index (χ0v) is 13.0. The van der Waals surface area contributed by atoms with Crippen LogP contribution >= 0.6 is 11.6 Å². The zero-order valence-electron chi connectivity index (χ0n) is 12.3. The molecule has 22 heavy (non-hydrogen) atoms. The second-order valence-corrected chi connectivity index (χ2v) is 5.50. The van der Waals surface area contributed by atoms with Gasteiger partial charge >= 0.3 is 0 Å². The minimum absolute atomic E-state index is 0.461. The normalized spacial score (nSPS) is 11.2. The first kappa shape index (κ1) is 14.5. The molecule has 0 unspecified atom stereocenters. The van der Waals surface area contributed by atoms with E-state index in [0.717, 1.165) is 16.5 Å². The van der Waals surface area contributed by atoms with Crippen LogP contribution in [0.3, 0.4) is 0 Å². The summed E-state index contributed by atoms with van der Waals surface area (Å²) in [5, 5.41) is 5.74. The Bertz CT molecular complexity index is 813. The average molecular weight is 310 g/mol. The van der Waals surface area contributed by atoms with Crippen LogP contribution in [0.4, 0.5) is 0 Å². The van der Waals surface area contributed by atoms with Gasteiger partial charge in [0.2, 0.25) is 0 Å². The Morgan fingerprint density at radius 3 is 2.77 bits per heavy atom. The number of hydrazone groups is 1. The molecule has 0 aliphatic rings. The minimum atomic E-state index is 0.461. The molecule has 4 heteroatoms. The predicted molar refractivity (Wildman–Crippen MR) is 92.4 cm³/mol. The van der Waals surface area contributed by atoms with E-state index in [9.17, 15) is 0 Å². The van der Waals surface area contributed by atoms with Gasteiger partial charge in [-0.25, -0.2) is 4.98 Å². The summed E-state index contributed by atoms with van der Waals surface area (Å²) in [7, 11) is 0. The van der Waals surface area contributed by atoms with E-state index in [-0.39, 0.29) is 0 Å². The van der Waals surface area contributed by atoms with Gasteiger partial charge in [-0.2, -0.15) is 5.10 Å². The molecule has 3 aromatic rings. The minimum Gasteiger partial charge on any atom is -0.306 e. The molecule has 0 atom stereocenters. The Balaban J connectivity index is 1.74. The lowest BCUT2D eigenvalue weighted by molar-refractivity contribution is 0.748. The van der Waals surface area contributed by atoms with Crippen molar-refractivity contribution in [2.45, 2.75) is 13.5 Å². The van der Waals surface area contributed by atoms with Crippen molar-refractivity contribution in [2.24, 2.45) is 5.10 Å². The molecule has 0 saturated heterocycles. The lowest BCUT2D eigenvalue weighted by atomic mass is 10.1. The summed E-state index contributed by atoms with van der Waals surface area (Å²) in [6.45, 7) is 2.72. The predicted octanol–water partition coefficient (Wildman–Crippen LogP) is 4.32. The lowest BCUT2D eigenvalue weighted by Crippen LogP contribution is -2.05. The van der Waals surface area contributed by atoms with E-state index in [1.807, 2.05) is 43.3 Å². The second kappa shape index (κ2) is 6.58. The van der Waals surface area contributed by atoms with E-state index < -0.39 is 0 Å². The highest BCUT2D eigenvalue weighted by molar-refractivity contribution is 6.32. The Morgan fingerprint density at radius 2 is 1.95 bits per heavy atom. The first-order valence-electron chi connectivity index (χ1n) is 7.09. The maximum Gasteiger partial charge on any atom is 0.138 e. The van der Waals surface area contributed by atoms with E-state index in [1.54, 1.807) is 6.21 Å². The molecule has 3 rings (SSSR count). The molecule has 1 heterocycles. The summed E-state index contributed by atoms with van der Waals surface area (Å²) >= 11 is 6.22. The van der Waals surface area contributed by atoms with Crippen LogP contribution in [-0.4, -0.2) is 11.2 Å². The maximum absolute atomic E-state index is 6.22. The summed E-state index contributed by atoms with van der Waals surface area (Å²) in [5.41, 5.74) is 7.07. The topological polar surface area (TPSA) is 37.3 Å². The van der Waals surface area contributed by atoms with Crippen molar-refractivity contribution in [2.75, 3.05) is 0 Å². The second-order valence-electron chi connectivity index (χ2n) is 5.14. The number of fused-ring (bicyclic) bond motifs is 1. The van der Waals surface area contributed by atoms with Crippen LogP contribution in [0.15, 0.2) is 59.7 Å². The van der Waals surface area contributed by atoms with Crippen LogP contribution in [0.25, 0.3) is 10.9 Å². The summed E-state index contributed by atoms with van der Waals surface area (Å²) in [6, 6.07) is 18.2. The van der Waals surface area contributed by atoms with Crippen LogP contribution in [0, 0.1) is 6.92 Å². The van der Waals surface area contributed by atoms with E-state index >= 15 is 0 Å². The first-order valence-corrected chi connectivity index (χ1v) is 7.47. The highest BCUT2D eigenvalue weighted by Crippen LogP contribution is 2.20. The maximum atomic E-state index is 6.22. The largest absolute Gasteiger partial charge is 0.306 e. The molecule has 1 N–H and O–H groups in total. The van der Waals surface area contributed by atoms with Crippen LogP contribution in [-0.2, 0) is 6.54 Å². The van der Waals surface area contributed by atoms with Gasteiger partial charge in [0.05, 0.1) is 18.3 Å². The van der Waals surface area contributed by atoms with Gasteiger partial charge in [-0.3, -0.25) is 0 Å². The number of nitrogens with zero attached hydrogens (tertiary/aromatic N) is 2. The molecular formula is C18H16ClN3. The fraction of sp³-hybridized carbons (Fsp3) is 0.111. The van der Waals surface area contributed by atoms with Crippen molar-refractivity contribution >= 4 is 28.7 Å². The molecule has 0 bridgehead atoms. The van der Waals surface area contributed by atoms with Crippen LogP contribution in [0.2, 0.25) is 5.15 Å². The summed E-state index contributed by atoms with van der Waals surface area (Å²) in [6.07, 6.45) is 1.71. The van der Waals surface area contributed by atoms with E-state index in [0.29, 0.717) is 11.7 Å². The number of nitrogens with one attached hydrogen (secondary N) is 1. The van der Waals surface area contributed by atoms with Gasteiger partial charge in [-0.1, -0.05) is 54.1 Å². The molecule has 0 radical (unpaired) electrons. The van der Waals surface area contributed by atoms with Gasteiger partial charge in [0.25, 0.3) is 0 Å². The van der Waals surface area contributed by atoms with E-state index in [2.05, 4.69) is 33.7 Å². The number of aryl methyl sites for hydroxylation is 1. The van der Waals surface area contributed by atoms with Crippen molar-refractivity contribution in [3.63, 3.8) is 0 Å². The molecule has 1 aromatic heterocycles. The Morgan fingerprint density at radius 1 is 1.14 bits per heavy atom. The number of benzene rings is 2. The summed E-state index contributed by atoms with van der Waals surface area (Å²) in [5.74, 6) is 0. The van der Waals surface area contributed by atoms with Crippen molar-refractivity contribution in [1.82, 2.24) is 10.4 Å². The highest BCUT2D eigenvalue weighted by Gasteiger charge is 2.03. The molecule has 0 aliphatic carbocycles. The third-order valence-corrected chi connectivity index (χ3v) is 3.68. The van der Waals surface area contributed by atoms with Crippen molar-refractivity contribution < 1.29 is 0 Å². The Labute approximate surface area is 134 Å². The summed E-state index contributed by atoms with van der Waals surface area (Å²) < 4.78 is 0. The standard InChI is InChI=1S/C18H16ClN3/c1-13-7-8-15-10-16(18(19)22-17(15)9-13)12-21-20-11-14-5-3-2-4-6-14/h2-10,12,20H,11H2,1H3/b21-12+. The van der Waals surface area contributed by atoms with E-state index in [1.165, 1.54) is 11.1 Å². The molecule has 110 valence electrons. The monoisotopic (exact) mass is 309 g/mol. The first-order chi connectivity index (χ1) is 10.7. The van der Waals surface area contributed by atoms with Gasteiger partial charge in [0, 0.05) is 10.9 Å². The molecule has 2 aromatic carbocycles. The van der Waals surface area contributed by atoms with Crippen molar-refractivity contribution in [3.05, 3.63) is 76.4 Å². The molecule has 3 nitrogen and oxygen atoms in total. The smallest absolute Gasteiger partial charge is 0.138 e. The third kappa shape index (κ3) is 3.43. The number of hydrogen-bond acceptors (Lipinski definition) is 3. The molecule has 0 aliphatic heterocycles. The van der Waals surface area contributed by atoms with Crippen LogP contribution < -0.4 is 5.43 Å². The van der Waals surface area contributed by atoms with Gasteiger partial charge in [-0.15, -0.1) is 0 Å².